The molecule has 2 rings (SSSR count). The summed E-state index contributed by atoms with van der Waals surface area (Å²) in [6.45, 7) is 5.94. The van der Waals surface area contributed by atoms with Gasteiger partial charge in [0.15, 0.2) is 0 Å². The van der Waals surface area contributed by atoms with Gasteiger partial charge in [-0.15, -0.1) is 0 Å². The Kier molecular flexibility index (Phi) is 4.13. The van der Waals surface area contributed by atoms with Gasteiger partial charge < -0.3 is 15.4 Å². The van der Waals surface area contributed by atoms with E-state index in [0.29, 0.717) is 12.6 Å². The van der Waals surface area contributed by atoms with Gasteiger partial charge in [-0.05, 0) is 25.5 Å². The van der Waals surface area contributed by atoms with E-state index in [2.05, 4.69) is 23.6 Å². The van der Waals surface area contributed by atoms with Gasteiger partial charge in [-0.1, -0.05) is 25.8 Å². The van der Waals surface area contributed by atoms with Crippen LogP contribution in [0, 0.1) is 0 Å². The van der Waals surface area contributed by atoms with Crippen molar-refractivity contribution in [1.29, 1.82) is 0 Å². The van der Waals surface area contributed by atoms with E-state index >= 15 is 0 Å². The lowest BCUT2D eigenvalue weighted by molar-refractivity contribution is 0.341. The van der Waals surface area contributed by atoms with Crippen molar-refractivity contribution in [3.8, 4) is 5.75 Å². The van der Waals surface area contributed by atoms with Crippen molar-refractivity contribution in [3.05, 3.63) is 18.2 Å². The van der Waals surface area contributed by atoms with E-state index < -0.39 is 0 Å². The molecule has 0 amide bonds. The second-order valence-corrected chi connectivity index (χ2v) is 4.48. The van der Waals surface area contributed by atoms with Crippen molar-refractivity contribution in [2.24, 2.45) is 0 Å². The second-order valence-electron chi connectivity index (χ2n) is 4.48. The Labute approximate surface area is 104 Å². The number of para-hydroxylation sites is 1. The molecule has 0 saturated heterocycles. The van der Waals surface area contributed by atoms with Gasteiger partial charge in [0.1, 0.15) is 11.4 Å². The maximum Gasteiger partial charge on any atom is 0.144 e. The molecule has 0 aromatic heterocycles. The summed E-state index contributed by atoms with van der Waals surface area (Å²) >= 11 is 0. The molecule has 1 aromatic carbocycles. The van der Waals surface area contributed by atoms with Gasteiger partial charge >= 0.3 is 0 Å². The summed E-state index contributed by atoms with van der Waals surface area (Å²) in [6.07, 6.45) is 3.76. The van der Waals surface area contributed by atoms with E-state index in [0.717, 1.165) is 18.0 Å². The molecule has 3 nitrogen and oxygen atoms in total. The summed E-state index contributed by atoms with van der Waals surface area (Å²) in [5.41, 5.74) is 2.28. The number of rotatable bonds is 5. The first-order valence-corrected chi connectivity index (χ1v) is 6.61. The number of ether oxygens (including phenoxy) is 1. The predicted octanol–water partition coefficient (Wildman–Crippen LogP) is 3.48. The zero-order valence-electron chi connectivity index (χ0n) is 10.8. The van der Waals surface area contributed by atoms with Crippen molar-refractivity contribution in [2.75, 3.05) is 23.8 Å². The van der Waals surface area contributed by atoms with E-state index in [4.69, 9.17) is 4.74 Å². The molecule has 1 unspecified atom stereocenters. The molecule has 0 bridgehead atoms. The zero-order chi connectivity index (χ0) is 12.1. The van der Waals surface area contributed by atoms with E-state index in [1.165, 1.54) is 24.9 Å². The highest BCUT2D eigenvalue weighted by atomic mass is 16.5. The van der Waals surface area contributed by atoms with Gasteiger partial charge in [0.2, 0.25) is 0 Å². The van der Waals surface area contributed by atoms with Crippen LogP contribution in [0.1, 0.15) is 33.1 Å². The Morgan fingerprint density at radius 2 is 2.24 bits per heavy atom. The maximum absolute atomic E-state index is 5.62. The third-order valence-corrected chi connectivity index (χ3v) is 3.12. The van der Waals surface area contributed by atoms with E-state index in [9.17, 15) is 0 Å². The van der Waals surface area contributed by atoms with Gasteiger partial charge in [0.05, 0.1) is 12.3 Å². The highest BCUT2D eigenvalue weighted by Crippen LogP contribution is 2.35. The van der Waals surface area contributed by atoms with Crippen molar-refractivity contribution in [2.45, 2.75) is 39.2 Å². The number of anilines is 2. The minimum atomic E-state index is 0.541. The topological polar surface area (TPSA) is 33.3 Å². The molecule has 0 saturated carbocycles. The Balaban J connectivity index is 2.08. The molecule has 1 heterocycles. The average Bonchev–Trinajstić information content (AvgIpc) is 2.37. The fourth-order valence-electron chi connectivity index (χ4n) is 2.23. The van der Waals surface area contributed by atoms with Crippen LogP contribution in [0.25, 0.3) is 0 Å². The summed E-state index contributed by atoms with van der Waals surface area (Å²) in [4.78, 5) is 0. The number of benzene rings is 1. The van der Waals surface area contributed by atoms with E-state index in [1.807, 2.05) is 19.1 Å². The Bertz CT molecular complexity index is 365. The van der Waals surface area contributed by atoms with Crippen LogP contribution < -0.4 is 15.4 Å². The smallest absolute Gasteiger partial charge is 0.144 e. The summed E-state index contributed by atoms with van der Waals surface area (Å²) in [5.74, 6) is 0.950. The molecule has 0 fully saturated rings. The third kappa shape index (κ3) is 2.84. The van der Waals surface area contributed by atoms with Crippen molar-refractivity contribution in [3.63, 3.8) is 0 Å². The number of hydrogen-bond donors (Lipinski definition) is 2. The predicted molar refractivity (Wildman–Crippen MR) is 73.0 cm³/mol. The van der Waals surface area contributed by atoms with Crippen molar-refractivity contribution < 1.29 is 4.74 Å². The quantitative estimate of drug-likeness (QED) is 0.818. The van der Waals surface area contributed by atoms with Crippen LogP contribution >= 0.6 is 0 Å². The lowest BCUT2D eigenvalue weighted by atomic mass is 10.1. The molecule has 0 radical (unpaired) electrons. The van der Waals surface area contributed by atoms with Crippen molar-refractivity contribution >= 4 is 11.4 Å². The average molecular weight is 234 g/mol. The monoisotopic (exact) mass is 234 g/mol. The fraction of sp³-hybridized carbons (Fsp3) is 0.571. The summed E-state index contributed by atoms with van der Waals surface area (Å²) < 4.78 is 5.62. The highest BCUT2D eigenvalue weighted by molar-refractivity contribution is 5.77. The molecule has 1 aromatic rings. The minimum absolute atomic E-state index is 0.541. The standard InChI is InChI=1S/C14H22N2O/c1-3-5-7-11-10-15-14-12(16-11)8-6-9-13(14)17-4-2/h6,8-9,11,15-16H,3-5,7,10H2,1-2H3. The minimum Gasteiger partial charge on any atom is -0.492 e. The molecule has 0 spiro atoms. The normalized spacial score (nSPS) is 17.9. The van der Waals surface area contributed by atoms with E-state index in [1.54, 1.807) is 0 Å². The third-order valence-electron chi connectivity index (χ3n) is 3.12. The van der Waals surface area contributed by atoms with Crippen LogP contribution in [-0.4, -0.2) is 19.2 Å². The van der Waals surface area contributed by atoms with Crippen LogP contribution in [-0.2, 0) is 0 Å². The van der Waals surface area contributed by atoms with Crippen LogP contribution in [0.2, 0.25) is 0 Å². The molecule has 17 heavy (non-hydrogen) atoms. The first-order valence-electron chi connectivity index (χ1n) is 6.61. The molecular formula is C14H22N2O. The number of hydrogen-bond acceptors (Lipinski definition) is 3. The zero-order valence-corrected chi connectivity index (χ0v) is 10.8. The van der Waals surface area contributed by atoms with Gasteiger partial charge in [-0.3, -0.25) is 0 Å². The Morgan fingerprint density at radius 3 is 3.00 bits per heavy atom. The van der Waals surface area contributed by atoms with Crippen molar-refractivity contribution in [1.82, 2.24) is 0 Å². The molecular weight excluding hydrogens is 212 g/mol. The maximum atomic E-state index is 5.62. The SMILES string of the molecule is CCCCC1CNc2c(cccc2OCC)N1. The second kappa shape index (κ2) is 5.80. The van der Waals surface area contributed by atoms with Crippen LogP contribution in [0.4, 0.5) is 11.4 Å². The largest absolute Gasteiger partial charge is 0.492 e. The first-order chi connectivity index (χ1) is 8.35. The number of fused-ring (bicyclic) bond motifs is 1. The molecule has 1 aliphatic rings. The highest BCUT2D eigenvalue weighted by Gasteiger charge is 2.19. The van der Waals surface area contributed by atoms with Crippen LogP contribution in [0.5, 0.6) is 5.75 Å². The molecule has 3 heteroatoms. The van der Waals surface area contributed by atoms with Gasteiger partial charge in [0.25, 0.3) is 0 Å². The summed E-state index contributed by atoms with van der Waals surface area (Å²) in [5, 5.41) is 7.08. The molecule has 1 atom stereocenters. The summed E-state index contributed by atoms with van der Waals surface area (Å²) in [7, 11) is 0. The van der Waals surface area contributed by atoms with E-state index in [-0.39, 0.29) is 0 Å². The Hall–Kier alpha value is -1.38. The number of unbranched alkanes of at least 4 members (excludes halogenated alkanes) is 1. The molecule has 1 aliphatic heterocycles. The molecule has 94 valence electrons. The number of nitrogens with one attached hydrogen (secondary N) is 2. The van der Waals surface area contributed by atoms with Crippen LogP contribution in [0.3, 0.4) is 0 Å². The van der Waals surface area contributed by atoms with Crippen LogP contribution in [0.15, 0.2) is 18.2 Å². The van der Waals surface area contributed by atoms with Gasteiger partial charge in [-0.2, -0.15) is 0 Å². The van der Waals surface area contributed by atoms with Gasteiger partial charge in [0, 0.05) is 12.6 Å². The lowest BCUT2D eigenvalue weighted by Crippen LogP contribution is -2.33. The first kappa shape index (κ1) is 12.1. The molecule has 0 aliphatic carbocycles. The summed E-state index contributed by atoms with van der Waals surface area (Å²) in [6, 6.07) is 6.71. The molecule has 2 N–H and O–H groups in total. The lowest BCUT2D eigenvalue weighted by Gasteiger charge is -2.29. The Morgan fingerprint density at radius 1 is 1.35 bits per heavy atom. The van der Waals surface area contributed by atoms with Gasteiger partial charge in [-0.25, -0.2) is 0 Å². The fourth-order valence-corrected chi connectivity index (χ4v) is 2.23.